The SMILES string of the molecule is CCCCC(C)CC.[BiH3]. The van der Waals surface area contributed by atoms with Crippen molar-refractivity contribution in [1.29, 1.82) is 0 Å². The summed E-state index contributed by atoms with van der Waals surface area (Å²) in [7, 11) is 0. The summed E-state index contributed by atoms with van der Waals surface area (Å²) in [5, 5.41) is 0. The molecule has 1 heteroatoms. The number of rotatable bonds is 4. The topological polar surface area (TPSA) is 0 Å². The van der Waals surface area contributed by atoms with Crippen LogP contribution in [0, 0.1) is 5.92 Å². The first-order valence-electron chi connectivity index (χ1n) is 3.81. The zero-order valence-electron chi connectivity index (χ0n) is 7.11. The molecule has 0 heterocycles. The summed E-state index contributed by atoms with van der Waals surface area (Å²) in [6.45, 7) is 6.85. The van der Waals surface area contributed by atoms with Crippen molar-refractivity contribution in [2.24, 2.45) is 5.92 Å². The van der Waals surface area contributed by atoms with E-state index in [1.807, 2.05) is 0 Å². The van der Waals surface area contributed by atoms with Gasteiger partial charge >= 0.3 is 26.2 Å². The van der Waals surface area contributed by atoms with Crippen molar-refractivity contribution in [3.8, 4) is 0 Å². The van der Waals surface area contributed by atoms with Crippen LogP contribution in [0.5, 0.6) is 0 Å². The first-order valence-corrected chi connectivity index (χ1v) is 3.81. The number of hydrogen-bond donors (Lipinski definition) is 0. The zero-order valence-corrected chi connectivity index (χ0v) is 12.6. The van der Waals surface area contributed by atoms with Gasteiger partial charge in [0, 0.05) is 0 Å². The molecule has 0 aromatic rings. The third kappa shape index (κ3) is 8.88. The molecule has 0 N–H and O–H groups in total. The molecule has 0 radical (unpaired) electrons. The summed E-state index contributed by atoms with van der Waals surface area (Å²) in [6.07, 6.45) is 5.53. The minimum atomic E-state index is 0. The van der Waals surface area contributed by atoms with Crippen molar-refractivity contribution in [3.63, 3.8) is 0 Å². The molecule has 0 spiro atoms. The Hall–Kier alpha value is 0.883. The van der Waals surface area contributed by atoms with Gasteiger partial charge in [-0.2, -0.15) is 0 Å². The summed E-state index contributed by atoms with van der Waals surface area (Å²) in [4.78, 5) is 0. The van der Waals surface area contributed by atoms with E-state index in [9.17, 15) is 0 Å². The zero-order chi connectivity index (χ0) is 6.41. The third-order valence-electron chi connectivity index (χ3n) is 1.75. The van der Waals surface area contributed by atoms with Crippen LogP contribution in [-0.2, 0) is 0 Å². The standard InChI is InChI=1S/C8H18.Bi.3H/c1-4-6-7-8(3)5-2;;;;/h8H,4-7H2,1-3H3;;;;. The van der Waals surface area contributed by atoms with Crippen LogP contribution in [0.1, 0.15) is 46.5 Å². The van der Waals surface area contributed by atoms with E-state index in [1.165, 1.54) is 25.7 Å². The fourth-order valence-corrected chi connectivity index (χ4v) is 0.757. The molecule has 0 nitrogen and oxygen atoms in total. The van der Waals surface area contributed by atoms with Gasteiger partial charge < -0.3 is 0 Å². The average molecular weight is 326 g/mol. The van der Waals surface area contributed by atoms with Gasteiger partial charge in [-0.05, 0) is 5.92 Å². The Kier molecular flexibility index (Phi) is 12.4. The maximum atomic E-state index is 2.33. The predicted molar refractivity (Wildman–Crippen MR) is 48.9 cm³/mol. The van der Waals surface area contributed by atoms with Crippen molar-refractivity contribution in [2.75, 3.05) is 0 Å². The van der Waals surface area contributed by atoms with Crippen LogP contribution in [0.25, 0.3) is 0 Å². The molecule has 0 amide bonds. The summed E-state index contributed by atoms with van der Waals surface area (Å²) >= 11 is 0. The molecule has 1 atom stereocenters. The second-order valence-electron chi connectivity index (χ2n) is 2.66. The van der Waals surface area contributed by atoms with Gasteiger partial charge in [0.05, 0.1) is 0 Å². The molecule has 0 saturated carbocycles. The molecule has 1 unspecified atom stereocenters. The van der Waals surface area contributed by atoms with Gasteiger partial charge in [-0.1, -0.05) is 46.5 Å². The van der Waals surface area contributed by atoms with Crippen molar-refractivity contribution < 1.29 is 0 Å². The number of unbranched alkanes of at least 4 members (excludes halogenated alkanes) is 1. The van der Waals surface area contributed by atoms with E-state index in [-0.39, 0.29) is 26.2 Å². The van der Waals surface area contributed by atoms with Crippen LogP contribution in [0.3, 0.4) is 0 Å². The summed E-state index contributed by atoms with van der Waals surface area (Å²) in [6, 6.07) is 0. The summed E-state index contributed by atoms with van der Waals surface area (Å²) in [5.74, 6) is 0.954. The fraction of sp³-hybridized carbons (Fsp3) is 1.00. The monoisotopic (exact) mass is 326 g/mol. The molecule has 58 valence electrons. The van der Waals surface area contributed by atoms with E-state index in [0.717, 1.165) is 5.92 Å². The molecule has 9 heavy (non-hydrogen) atoms. The van der Waals surface area contributed by atoms with Gasteiger partial charge in [-0.3, -0.25) is 0 Å². The van der Waals surface area contributed by atoms with E-state index in [4.69, 9.17) is 0 Å². The quantitative estimate of drug-likeness (QED) is 0.694. The van der Waals surface area contributed by atoms with Crippen molar-refractivity contribution in [3.05, 3.63) is 0 Å². The molecule has 0 saturated heterocycles. The van der Waals surface area contributed by atoms with Gasteiger partial charge in [0.1, 0.15) is 0 Å². The first kappa shape index (κ1) is 12.5. The van der Waals surface area contributed by atoms with E-state index < -0.39 is 0 Å². The molecular weight excluding hydrogens is 305 g/mol. The molecule has 0 rings (SSSR count). The second-order valence-corrected chi connectivity index (χ2v) is 2.66. The van der Waals surface area contributed by atoms with Gasteiger partial charge in [-0.25, -0.2) is 0 Å². The first-order chi connectivity index (χ1) is 3.81. The second kappa shape index (κ2) is 8.88. The molecule has 0 aliphatic carbocycles. The van der Waals surface area contributed by atoms with Crippen molar-refractivity contribution >= 4 is 26.2 Å². The molecule has 0 aromatic carbocycles. The van der Waals surface area contributed by atoms with Crippen LogP contribution in [0.15, 0.2) is 0 Å². The molecule has 0 aromatic heterocycles. The van der Waals surface area contributed by atoms with Crippen molar-refractivity contribution in [2.45, 2.75) is 46.5 Å². The van der Waals surface area contributed by atoms with E-state index in [0.29, 0.717) is 0 Å². The van der Waals surface area contributed by atoms with Crippen molar-refractivity contribution in [1.82, 2.24) is 0 Å². The van der Waals surface area contributed by atoms with E-state index in [2.05, 4.69) is 20.8 Å². The van der Waals surface area contributed by atoms with Gasteiger partial charge in [-0.15, -0.1) is 0 Å². The Morgan fingerprint density at radius 2 is 1.78 bits per heavy atom. The summed E-state index contributed by atoms with van der Waals surface area (Å²) < 4.78 is 0. The molecule has 0 aliphatic rings. The Morgan fingerprint density at radius 3 is 2.11 bits per heavy atom. The Bertz CT molecular complexity index is 43.8. The molecule has 0 bridgehead atoms. The third-order valence-corrected chi connectivity index (χ3v) is 1.75. The Morgan fingerprint density at radius 1 is 1.22 bits per heavy atom. The summed E-state index contributed by atoms with van der Waals surface area (Å²) in [5.41, 5.74) is 0. The molecule has 0 fully saturated rings. The normalized spacial score (nSPS) is 12.3. The Balaban J connectivity index is 0. The number of hydrogen-bond acceptors (Lipinski definition) is 0. The van der Waals surface area contributed by atoms with Crippen LogP contribution >= 0.6 is 0 Å². The van der Waals surface area contributed by atoms with Gasteiger partial charge in [0.25, 0.3) is 0 Å². The fourth-order valence-electron chi connectivity index (χ4n) is 0.757. The van der Waals surface area contributed by atoms with E-state index in [1.54, 1.807) is 0 Å². The van der Waals surface area contributed by atoms with Gasteiger partial charge in [0.15, 0.2) is 0 Å². The molecular formula is C8H21Bi. The van der Waals surface area contributed by atoms with Crippen LogP contribution in [0.4, 0.5) is 0 Å². The molecule has 0 aliphatic heterocycles. The van der Waals surface area contributed by atoms with Crippen LogP contribution in [-0.4, -0.2) is 26.2 Å². The van der Waals surface area contributed by atoms with Gasteiger partial charge in [0.2, 0.25) is 0 Å². The van der Waals surface area contributed by atoms with Crippen LogP contribution in [0.2, 0.25) is 0 Å². The predicted octanol–water partition coefficient (Wildman–Crippen LogP) is 2.04. The maximum absolute atomic E-state index is 2.33. The van der Waals surface area contributed by atoms with Crippen LogP contribution < -0.4 is 0 Å². The Labute approximate surface area is 78.5 Å². The van der Waals surface area contributed by atoms with E-state index >= 15 is 0 Å². The average Bonchev–Trinajstić information content (AvgIpc) is 1.83. The minimum absolute atomic E-state index is 0.